The maximum absolute atomic E-state index is 14.9. The van der Waals surface area contributed by atoms with Crippen molar-refractivity contribution in [1.29, 1.82) is 0 Å². The van der Waals surface area contributed by atoms with E-state index in [4.69, 9.17) is 9.90 Å². The smallest absolute Gasteiger partial charge is 0.475 e. The first kappa shape index (κ1) is 46.9. The number of imide groups is 2. The van der Waals surface area contributed by atoms with E-state index in [9.17, 15) is 46.3 Å². The number of thioether (sulfide) groups is 1. The van der Waals surface area contributed by atoms with E-state index in [-0.39, 0.29) is 35.3 Å². The summed E-state index contributed by atoms with van der Waals surface area (Å²) in [6.07, 6.45) is 4.89. The zero-order chi connectivity index (χ0) is 45.3. The quantitative estimate of drug-likeness (QED) is 0.0638. The first-order valence-electron chi connectivity index (χ1n) is 21.1. The second-order valence-corrected chi connectivity index (χ2v) is 17.2. The molecule has 2 aromatic carbocycles. The minimum atomic E-state index is -5.08. The summed E-state index contributed by atoms with van der Waals surface area (Å²) in [5.41, 5.74) is 1.62. The van der Waals surface area contributed by atoms with Gasteiger partial charge < -0.3 is 26.0 Å². The van der Waals surface area contributed by atoms with Gasteiger partial charge in [0.2, 0.25) is 17.7 Å². The number of unbranched alkanes of at least 4 members (excludes halogenated alkanes) is 3. The van der Waals surface area contributed by atoms with Gasteiger partial charge in [-0.1, -0.05) is 31.7 Å². The summed E-state index contributed by atoms with van der Waals surface area (Å²) in [5.74, 6) is -4.35. The van der Waals surface area contributed by atoms with E-state index < -0.39 is 53.2 Å². The van der Waals surface area contributed by atoms with Gasteiger partial charge in [-0.25, -0.2) is 14.2 Å². The van der Waals surface area contributed by atoms with Crippen LogP contribution in [0, 0.1) is 5.82 Å². The summed E-state index contributed by atoms with van der Waals surface area (Å²) in [4.78, 5) is 95.0. The second kappa shape index (κ2) is 21.2. The van der Waals surface area contributed by atoms with Gasteiger partial charge in [0, 0.05) is 42.2 Å². The number of carbonyl (C=O) groups is 6. The molecule has 4 aliphatic rings. The topological polar surface area (TPSA) is 223 Å². The summed E-state index contributed by atoms with van der Waals surface area (Å²) >= 11 is 1.73. The molecule has 0 bridgehead atoms. The van der Waals surface area contributed by atoms with Crippen LogP contribution in [0.4, 0.5) is 28.9 Å². The fourth-order valence-electron chi connectivity index (χ4n) is 8.14. The van der Waals surface area contributed by atoms with Crippen LogP contribution < -0.4 is 26.8 Å². The summed E-state index contributed by atoms with van der Waals surface area (Å²) in [7, 11) is 0. The van der Waals surface area contributed by atoms with Crippen molar-refractivity contribution >= 4 is 69.5 Å². The number of hydrogen-bond donors (Lipinski definition) is 6. The molecule has 5 amide bonds. The molecule has 6 N–H and O–H groups in total. The standard InChI is InChI=1S/C40H49FN8O6S.C2HF3O2/c41-28-20-25(44-24-8-3-4-9-24)21-30-36(28)38(53)46-32(45-30)23-56-26-14-18-48(19-15-26)22-34(51)43-17-6-2-1-5-16-42-29-11-7-10-27-35(29)40(55)49(39(27)54)31-12-13-33(50)47-37(31)52;3-2(4,5)1(6)7/h7,10-11,20-21,24,26,31,42,44H,1-6,8-9,12-19,22-23H2,(H,43,51)(H,45,46,53)(H,47,50,52);(H,6,7). The lowest BCUT2D eigenvalue weighted by Gasteiger charge is -2.31. The van der Waals surface area contributed by atoms with E-state index >= 15 is 0 Å². The molecule has 0 spiro atoms. The van der Waals surface area contributed by atoms with E-state index in [1.54, 1.807) is 36.0 Å². The lowest BCUT2D eigenvalue weighted by molar-refractivity contribution is -0.192. The molecule has 1 atom stereocenters. The Morgan fingerprint density at radius 3 is 2.30 bits per heavy atom. The number of nitrogens with zero attached hydrogens (tertiary/aromatic N) is 3. The van der Waals surface area contributed by atoms with Gasteiger partial charge >= 0.3 is 12.1 Å². The third-order valence-electron chi connectivity index (χ3n) is 11.3. The Hall–Kier alpha value is -5.57. The number of alkyl halides is 3. The number of nitrogens with one attached hydrogen (secondary N) is 5. The summed E-state index contributed by atoms with van der Waals surface area (Å²) < 4.78 is 46.6. The molecule has 3 aromatic rings. The molecule has 1 unspecified atom stereocenters. The number of amides is 5. The number of aromatic nitrogens is 2. The van der Waals surface area contributed by atoms with Crippen molar-refractivity contribution in [3.8, 4) is 0 Å². The van der Waals surface area contributed by atoms with E-state index in [0.717, 1.165) is 82.2 Å². The fourth-order valence-corrected chi connectivity index (χ4v) is 9.21. The molecule has 16 nitrogen and oxygen atoms in total. The van der Waals surface area contributed by atoms with Gasteiger partial charge in [0.25, 0.3) is 17.4 Å². The first-order chi connectivity index (χ1) is 30.1. The van der Waals surface area contributed by atoms with Gasteiger partial charge in [0.1, 0.15) is 23.1 Å². The van der Waals surface area contributed by atoms with Crippen molar-refractivity contribution in [1.82, 2.24) is 30.4 Å². The highest BCUT2D eigenvalue weighted by atomic mass is 32.2. The molecule has 1 aromatic heterocycles. The van der Waals surface area contributed by atoms with Crippen LogP contribution in [0.2, 0.25) is 0 Å². The molecule has 4 heterocycles. The molecule has 1 aliphatic carbocycles. The summed E-state index contributed by atoms with van der Waals surface area (Å²) in [6.45, 7) is 3.15. The van der Waals surface area contributed by atoms with Crippen molar-refractivity contribution in [3.05, 3.63) is 63.5 Å². The van der Waals surface area contributed by atoms with E-state index in [0.29, 0.717) is 59.4 Å². The molecule has 3 fully saturated rings. The maximum Gasteiger partial charge on any atom is 0.490 e. The lowest BCUT2D eigenvalue weighted by atomic mass is 10.0. The minimum absolute atomic E-state index is 0.00762. The Balaban J connectivity index is 0.000000871. The fraction of sp³-hybridized carbons (Fsp3) is 0.524. The second-order valence-electron chi connectivity index (χ2n) is 15.9. The van der Waals surface area contributed by atoms with Crippen molar-refractivity contribution in [2.24, 2.45) is 0 Å². The van der Waals surface area contributed by atoms with Crippen molar-refractivity contribution in [2.75, 3.05) is 43.4 Å². The number of H-pyrrole nitrogens is 1. The molecule has 340 valence electrons. The average molecular weight is 903 g/mol. The van der Waals surface area contributed by atoms with Crippen LogP contribution in [-0.2, 0) is 24.9 Å². The number of hydrogen-bond acceptors (Lipinski definition) is 12. The van der Waals surface area contributed by atoms with Gasteiger partial charge in [-0.05, 0) is 82.3 Å². The van der Waals surface area contributed by atoms with Crippen LogP contribution in [0.1, 0.15) is 104 Å². The summed E-state index contributed by atoms with van der Waals surface area (Å²) in [5, 5.41) is 19.4. The minimum Gasteiger partial charge on any atom is -0.475 e. The predicted octanol–water partition coefficient (Wildman–Crippen LogP) is 4.94. The van der Waals surface area contributed by atoms with Gasteiger partial charge in [-0.2, -0.15) is 24.9 Å². The van der Waals surface area contributed by atoms with Crippen LogP contribution in [0.5, 0.6) is 0 Å². The van der Waals surface area contributed by atoms with Gasteiger partial charge in [-0.15, -0.1) is 0 Å². The maximum atomic E-state index is 14.9. The average Bonchev–Trinajstić information content (AvgIpc) is 3.83. The third kappa shape index (κ3) is 12.3. The summed E-state index contributed by atoms with van der Waals surface area (Å²) in [6, 6.07) is 7.51. The number of carboxylic acids is 1. The van der Waals surface area contributed by atoms with Gasteiger partial charge in [0.05, 0.1) is 28.9 Å². The van der Waals surface area contributed by atoms with E-state index in [1.807, 2.05) is 0 Å². The van der Waals surface area contributed by atoms with Gasteiger partial charge in [-0.3, -0.25) is 43.9 Å². The highest BCUT2D eigenvalue weighted by Gasteiger charge is 2.45. The number of aromatic amines is 1. The number of aliphatic carboxylic acids is 1. The molecule has 2 saturated heterocycles. The van der Waals surface area contributed by atoms with E-state index in [2.05, 4.69) is 36.1 Å². The zero-order valence-corrected chi connectivity index (χ0v) is 35.2. The Kier molecular flexibility index (Phi) is 15.8. The SMILES string of the molecule is O=C(CN1CCC(SCc2nc3cc(NC4CCCC4)cc(F)c3c(=O)[nH]2)CC1)NCCCCCCNc1cccc2c1C(=O)N(C1CCC(=O)NC1=O)C2=O.O=C(O)C(F)(F)F. The highest BCUT2D eigenvalue weighted by molar-refractivity contribution is 7.99. The lowest BCUT2D eigenvalue weighted by Crippen LogP contribution is -2.54. The zero-order valence-electron chi connectivity index (χ0n) is 34.4. The Morgan fingerprint density at radius 2 is 1.62 bits per heavy atom. The number of benzene rings is 2. The number of carbonyl (C=O) groups excluding carboxylic acids is 5. The molecule has 21 heteroatoms. The molecule has 1 saturated carbocycles. The molecule has 7 rings (SSSR count). The van der Waals surface area contributed by atoms with Crippen molar-refractivity contribution in [2.45, 2.75) is 106 Å². The van der Waals surface area contributed by atoms with Crippen LogP contribution in [0.15, 0.2) is 35.1 Å². The Morgan fingerprint density at radius 1 is 0.921 bits per heavy atom. The number of fused-ring (bicyclic) bond motifs is 2. The Bertz CT molecular complexity index is 2260. The van der Waals surface area contributed by atoms with Crippen LogP contribution in [-0.4, -0.2) is 117 Å². The van der Waals surface area contributed by atoms with Crippen LogP contribution >= 0.6 is 11.8 Å². The molecular formula is C42H50F4N8O8S. The largest absolute Gasteiger partial charge is 0.490 e. The Labute approximate surface area is 363 Å². The molecule has 63 heavy (non-hydrogen) atoms. The van der Waals surface area contributed by atoms with Crippen LogP contribution in [0.3, 0.4) is 0 Å². The van der Waals surface area contributed by atoms with E-state index in [1.165, 1.54) is 6.07 Å². The van der Waals surface area contributed by atoms with Crippen LogP contribution in [0.25, 0.3) is 10.9 Å². The van der Waals surface area contributed by atoms with Crippen molar-refractivity contribution in [3.63, 3.8) is 0 Å². The van der Waals surface area contributed by atoms with Crippen molar-refractivity contribution < 1.29 is 51.4 Å². The molecule has 3 aliphatic heterocycles. The molecule has 0 radical (unpaired) electrons. The normalized spacial score (nSPS) is 18.5. The number of likely N-dealkylation sites (tertiary alicyclic amines) is 1. The number of piperidine rings is 2. The monoisotopic (exact) mass is 902 g/mol. The number of carboxylic acid groups (broad SMARTS) is 1. The molecular weight excluding hydrogens is 853 g/mol. The highest BCUT2D eigenvalue weighted by Crippen LogP contribution is 2.33. The third-order valence-corrected chi connectivity index (χ3v) is 12.7. The number of anilines is 2. The first-order valence-corrected chi connectivity index (χ1v) is 22.1. The predicted molar refractivity (Wildman–Crippen MR) is 226 cm³/mol. The number of halogens is 4. The number of rotatable bonds is 16. The van der Waals surface area contributed by atoms with Gasteiger partial charge in [0.15, 0.2) is 0 Å².